The molecule has 0 amide bonds. The van der Waals surface area contributed by atoms with Crippen LogP contribution in [0.4, 0.5) is 11.4 Å². The average Bonchev–Trinajstić information content (AvgIpc) is 2.88. The van der Waals surface area contributed by atoms with Gasteiger partial charge in [0, 0.05) is 11.6 Å². The van der Waals surface area contributed by atoms with Gasteiger partial charge in [-0.15, -0.1) is 5.11 Å². The minimum Gasteiger partial charge on any atom is -0.479 e. The summed E-state index contributed by atoms with van der Waals surface area (Å²) in [5.41, 5.74) is 3.08. The van der Waals surface area contributed by atoms with Gasteiger partial charge in [0.15, 0.2) is 5.69 Å². The first-order valence-electron chi connectivity index (χ1n) is 6.59. The molecule has 2 aromatic carbocycles. The van der Waals surface area contributed by atoms with Crippen LogP contribution in [0.5, 0.6) is 5.95 Å². The number of hydrogen-bond donors (Lipinski definition) is 1. The summed E-state index contributed by atoms with van der Waals surface area (Å²) in [5.74, 6) is 0.333. The summed E-state index contributed by atoms with van der Waals surface area (Å²) < 4.78 is 5.33. The Kier molecular flexibility index (Phi) is 3.51. The van der Waals surface area contributed by atoms with E-state index in [1.165, 1.54) is 5.56 Å². The van der Waals surface area contributed by atoms with Crippen molar-refractivity contribution in [3.63, 3.8) is 0 Å². The van der Waals surface area contributed by atoms with Crippen molar-refractivity contribution < 1.29 is 9.52 Å². The van der Waals surface area contributed by atoms with Gasteiger partial charge >= 0.3 is 5.95 Å². The van der Waals surface area contributed by atoms with Crippen LogP contribution < -0.4 is 0 Å². The molecule has 0 saturated heterocycles. The van der Waals surface area contributed by atoms with Crippen LogP contribution in [0.1, 0.15) is 5.56 Å². The Morgan fingerprint density at radius 2 is 1.62 bits per heavy atom. The smallest absolute Gasteiger partial charge is 0.311 e. The van der Waals surface area contributed by atoms with Crippen LogP contribution in [0.2, 0.25) is 0 Å². The fraction of sp³-hybridized carbons (Fsp3) is 0.0588. The van der Waals surface area contributed by atoms with Crippen molar-refractivity contribution in [1.29, 1.82) is 0 Å². The van der Waals surface area contributed by atoms with Gasteiger partial charge in [0.2, 0.25) is 0 Å². The second-order valence-corrected chi connectivity index (χ2v) is 4.70. The molecule has 104 valence electrons. The summed E-state index contributed by atoms with van der Waals surface area (Å²) in [5, 5.41) is 17.9. The third kappa shape index (κ3) is 3.00. The highest BCUT2D eigenvalue weighted by atomic mass is 16.5. The fourth-order valence-electron chi connectivity index (χ4n) is 1.91. The van der Waals surface area contributed by atoms with Gasteiger partial charge in [-0.2, -0.15) is 5.11 Å². The Bertz CT molecular complexity index is 759. The zero-order chi connectivity index (χ0) is 14.7. The SMILES string of the molecule is Cc1ccc(-c2cc(N=Nc3ccccc3)c(O)o2)cc1. The highest BCUT2D eigenvalue weighted by Crippen LogP contribution is 2.36. The lowest BCUT2D eigenvalue weighted by Gasteiger charge is -1.96. The second kappa shape index (κ2) is 5.63. The standard InChI is InChI=1S/C17H14N2O2/c1-12-7-9-13(10-8-12)16-11-15(17(20)21-16)19-18-14-5-3-2-4-6-14/h2-11,20H,1H3. The number of hydrogen-bond acceptors (Lipinski definition) is 4. The van der Waals surface area contributed by atoms with E-state index in [1.807, 2.05) is 61.5 Å². The van der Waals surface area contributed by atoms with Gasteiger partial charge in [-0.05, 0) is 19.1 Å². The quantitative estimate of drug-likeness (QED) is 0.654. The van der Waals surface area contributed by atoms with Crippen LogP contribution in [-0.2, 0) is 0 Å². The molecule has 0 spiro atoms. The molecule has 0 aliphatic heterocycles. The van der Waals surface area contributed by atoms with E-state index in [-0.39, 0.29) is 5.95 Å². The van der Waals surface area contributed by atoms with E-state index in [4.69, 9.17) is 4.42 Å². The van der Waals surface area contributed by atoms with E-state index < -0.39 is 0 Å². The van der Waals surface area contributed by atoms with Gasteiger partial charge in [0.25, 0.3) is 0 Å². The Balaban J connectivity index is 1.88. The first-order chi connectivity index (χ1) is 10.2. The lowest BCUT2D eigenvalue weighted by molar-refractivity contribution is 0.339. The summed E-state index contributed by atoms with van der Waals surface area (Å²) in [6, 6.07) is 18.8. The highest BCUT2D eigenvalue weighted by Gasteiger charge is 2.11. The minimum atomic E-state index is -0.231. The summed E-state index contributed by atoms with van der Waals surface area (Å²) >= 11 is 0. The minimum absolute atomic E-state index is 0.231. The number of azo groups is 1. The van der Waals surface area contributed by atoms with Crippen molar-refractivity contribution in [3.8, 4) is 17.3 Å². The Morgan fingerprint density at radius 1 is 0.905 bits per heavy atom. The Hall–Kier alpha value is -2.88. The predicted octanol–water partition coefficient (Wildman–Crippen LogP) is 5.38. The molecule has 0 saturated carbocycles. The summed E-state index contributed by atoms with van der Waals surface area (Å²) in [4.78, 5) is 0. The normalized spacial score (nSPS) is 11.1. The number of aryl methyl sites for hydroxylation is 1. The van der Waals surface area contributed by atoms with Crippen molar-refractivity contribution in [2.45, 2.75) is 6.92 Å². The number of aromatic hydroxyl groups is 1. The van der Waals surface area contributed by atoms with Gasteiger partial charge in [-0.1, -0.05) is 48.0 Å². The van der Waals surface area contributed by atoms with Crippen LogP contribution in [0.3, 0.4) is 0 Å². The molecule has 1 heterocycles. The maximum atomic E-state index is 9.80. The molecular weight excluding hydrogens is 264 g/mol. The van der Waals surface area contributed by atoms with Crippen molar-refractivity contribution in [1.82, 2.24) is 0 Å². The van der Waals surface area contributed by atoms with Crippen molar-refractivity contribution in [3.05, 3.63) is 66.2 Å². The van der Waals surface area contributed by atoms with E-state index in [9.17, 15) is 5.11 Å². The van der Waals surface area contributed by atoms with E-state index in [2.05, 4.69) is 10.2 Å². The molecule has 0 radical (unpaired) electrons. The molecule has 0 aliphatic carbocycles. The molecule has 0 aliphatic rings. The number of furan rings is 1. The molecular formula is C17H14N2O2. The van der Waals surface area contributed by atoms with E-state index in [0.717, 1.165) is 11.3 Å². The summed E-state index contributed by atoms with van der Waals surface area (Å²) in [7, 11) is 0. The zero-order valence-corrected chi connectivity index (χ0v) is 11.5. The first-order valence-corrected chi connectivity index (χ1v) is 6.59. The lowest BCUT2D eigenvalue weighted by Crippen LogP contribution is -1.74. The number of benzene rings is 2. The van der Waals surface area contributed by atoms with Crippen LogP contribution >= 0.6 is 0 Å². The zero-order valence-electron chi connectivity index (χ0n) is 11.5. The monoisotopic (exact) mass is 278 g/mol. The van der Waals surface area contributed by atoms with Gasteiger partial charge in [-0.25, -0.2) is 0 Å². The molecule has 0 bridgehead atoms. The van der Waals surface area contributed by atoms with E-state index in [0.29, 0.717) is 11.4 Å². The molecule has 0 unspecified atom stereocenters. The van der Waals surface area contributed by atoms with Crippen LogP contribution in [-0.4, -0.2) is 5.11 Å². The Labute approximate surface area is 122 Å². The third-order valence-electron chi connectivity index (χ3n) is 3.06. The topological polar surface area (TPSA) is 58.1 Å². The molecule has 3 rings (SSSR count). The molecule has 1 N–H and O–H groups in total. The maximum Gasteiger partial charge on any atom is 0.311 e. The molecule has 0 atom stereocenters. The number of rotatable bonds is 3. The Morgan fingerprint density at radius 3 is 2.33 bits per heavy atom. The van der Waals surface area contributed by atoms with Crippen molar-refractivity contribution >= 4 is 11.4 Å². The van der Waals surface area contributed by atoms with Gasteiger partial charge in [-0.3, -0.25) is 0 Å². The van der Waals surface area contributed by atoms with Gasteiger partial charge in [0.05, 0.1) is 5.69 Å². The largest absolute Gasteiger partial charge is 0.479 e. The molecule has 3 aromatic rings. The fourth-order valence-corrected chi connectivity index (χ4v) is 1.91. The van der Waals surface area contributed by atoms with Crippen molar-refractivity contribution in [2.75, 3.05) is 0 Å². The highest BCUT2D eigenvalue weighted by molar-refractivity contribution is 5.64. The van der Waals surface area contributed by atoms with E-state index in [1.54, 1.807) is 6.07 Å². The molecule has 0 fully saturated rings. The van der Waals surface area contributed by atoms with Crippen molar-refractivity contribution in [2.24, 2.45) is 10.2 Å². The number of nitrogens with zero attached hydrogens (tertiary/aromatic N) is 2. The molecule has 4 nitrogen and oxygen atoms in total. The molecule has 4 heteroatoms. The predicted molar refractivity (Wildman–Crippen MR) is 81.2 cm³/mol. The average molecular weight is 278 g/mol. The second-order valence-electron chi connectivity index (χ2n) is 4.70. The first kappa shape index (κ1) is 13.1. The molecule has 21 heavy (non-hydrogen) atoms. The summed E-state index contributed by atoms with van der Waals surface area (Å²) in [6.45, 7) is 2.02. The molecule has 1 aromatic heterocycles. The van der Waals surface area contributed by atoms with Crippen LogP contribution in [0.15, 0.2) is 75.3 Å². The van der Waals surface area contributed by atoms with Crippen LogP contribution in [0.25, 0.3) is 11.3 Å². The third-order valence-corrected chi connectivity index (χ3v) is 3.06. The van der Waals surface area contributed by atoms with E-state index >= 15 is 0 Å². The van der Waals surface area contributed by atoms with Gasteiger partial charge in [0.1, 0.15) is 5.76 Å². The lowest BCUT2D eigenvalue weighted by atomic mass is 10.1. The maximum absolute atomic E-state index is 9.80. The van der Waals surface area contributed by atoms with Gasteiger partial charge < -0.3 is 9.52 Å². The summed E-state index contributed by atoms with van der Waals surface area (Å²) in [6.07, 6.45) is 0. The van der Waals surface area contributed by atoms with Crippen LogP contribution in [0, 0.1) is 6.92 Å².